The van der Waals surface area contributed by atoms with Gasteiger partial charge in [0.15, 0.2) is 0 Å². The molecule has 5 N–H and O–H groups in total. The molecular formula is C12H18N4O2. The molecule has 0 radical (unpaired) electrons. The standard InChI is InChI=1S/C12H18N4O2/c1-7(11(14)17)15-10-6-8(13)4-5-9(10)12(18)16(2)3/h4-7,15H,13H2,1-3H3,(H2,14,17). The summed E-state index contributed by atoms with van der Waals surface area (Å²) in [5, 5.41) is 2.88. The first-order valence-electron chi connectivity index (χ1n) is 5.50. The van der Waals surface area contributed by atoms with Crippen molar-refractivity contribution >= 4 is 23.2 Å². The number of nitrogens with zero attached hydrogens (tertiary/aromatic N) is 1. The zero-order valence-corrected chi connectivity index (χ0v) is 10.7. The lowest BCUT2D eigenvalue weighted by Gasteiger charge is -2.18. The number of hydrogen-bond donors (Lipinski definition) is 3. The fraction of sp³-hybridized carbons (Fsp3) is 0.333. The minimum Gasteiger partial charge on any atom is -0.399 e. The third kappa shape index (κ3) is 3.13. The van der Waals surface area contributed by atoms with E-state index >= 15 is 0 Å². The number of carbonyl (C=O) groups is 2. The largest absolute Gasteiger partial charge is 0.399 e. The smallest absolute Gasteiger partial charge is 0.255 e. The van der Waals surface area contributed by atoms with E-state index in [1.54, 1.807) is 39.2 Å². The van der Waals surface area contributed by atoms with Crippen LogP contribution in [0.1, 0.15) is 17.3 Å². The number of anilines is 2. The van der Waals surface area contributed by atoms with Crippen LogP contribution in [0.3, 0.4) is 0 Å². The zero-order chi connectivity index (χ0) is 13.9. The maximum atomic E-state index is 12.0. The number of primary amides is 1. The molecule has 1 atom stereocenters. The van der Waals surface area contributed by atoms with E-state index in [0.717, 1.165) is 0 Å². The van der Waals surface area contributed by atoms with Gasteiger partial charge in [-0.3, -0.25) is 9.59 Å². The molecule has 1 rings (SSSR count). The second-order valence-electron chi connectivity index (χ2n) is 4.27. The Morgan fingerprint density at radius 1 is 1.33 bits per heavy atom. The molecule has 0 aliphatic heterocycles. The number of nitrogens with two attached hydrogens (primary N) is 2. The number of hydrogen-bond acceptors (Lipinski definition) is 4. The third-order valence-corrected chi connectivity index (χ3v) is 2.48. The van der Waals surface area contributed by atoms with Crippen molar-refractivity contribution in [2.45, 2.75) is 13.0 Å². The zero-order valence-electron chi connectivity index (χ0n) is 10.7. The molecule has 2 amide bonds. The lowest BCUT2D eigenvalue weighted by atomic mass is 10.1. The summed E-state index contributed by atoms with van der Waals surface area (Å²) in [5.74, 6) is -0.671. The van der Waals surface area contributed by atoms with Crippen molar-refractivity contribution in [1.82, 2.24) is 4.90 Å². The minimum atomic E-state index is -0.583. The summed E-state index contributed by atoms with van der Waals surface area (Å²) in [6, 6.07) is 4.28. The molecule has 0 bridgehead atoms. The van der Waals surface area contributed by atoms with Crippen LogP contribution in [0.5, 0.6) is 0 Å². The summed E-state index contributed by atoms with van der Waals surface area (Å²) < 4.78 is 0. The molecule has 6 heteroatoms. The monoisotopic (exact) mass is 250 g/mol. The van der Waals surface area contributed by atoms with E-state index < -0.39 is 11.9 Å². The van der Waals surface area contributed by atoms with Gasteiger partial charge in [0.1, 0.15) is 6.04 Å². The van der Waals surface area contributed by atoms with E-state index in [9.17, 15) is 9.59 Å². The Bertz CT molecular complexity index is 471. The number of amides is 2. The molecule has 0 heterocycles. The van der Waals surface area contributed by atoms with Gasteiger partial charge in [0, 0.05) is 25.5 Å². The van der Waals surface area contributed by atoms with Gasteiger partial charge in [0.05, 0.1) is 5.56 Å². The number of nitrogens with one attached hydrogen (secondary N) is 1. The second kappa shape index (κ2) is 5.39. The third-order valence-electron chi connectivity index (χ3n) is 2.48. The van der Waals surface area contributed by atoms with E-state index in [2.05, 4.69) is 5.32 Å². The maximum absolute atomic E-state index is 12.0. The fourth-order valence-corrected chi connectivity index (χ4v) is 1.41. The Labute approximate surface area is 106 Å². The molecule has 1 aromatic carbocycles. The van der Waals surface area contributed by atoms with Crippen molar-refractivity contribution in [3.8, 4) is 0 Å². The minimum absolute atomic E-state index is 0.172. The van der Waals surface area contributed by atoms with Crippen molar-refractivity contribution in [3.05, 3.63) is 23.8 Å². The van der Waals surface area contributed by atoms with Gasteiger partial charge in [-0.2, -0.15) is 0 Å². The van der Waals surface area contributed by atoms with Gasteiger partial charge in [0.25, 0.3) is 5.91 Å². The van der Waals surface area contributed by atoms with E-state index in [1.165, 1.54) is 4.90 Å². The van der Waals surface area contributed by atoms with E-state index in [0.29, 0.717) is 16.9 Å². The molecule has 0 aromatic heterocycles. The molecule has 98 valence electrons. The average molecular weight is 250 g/mol. The molecule has 0 saturated carbocycles. The summed E-state index contributed by atoms with van der Waals surface area (Å²) in [6.45, 7) is 1.62. The van der Waals surface area contributed by atoms with Crippen LogP contribution in [0, 0.1) is 0 Å². The Morgan fingerprint density at radius 2 is 1.94 bits per heavy atom. The first kappa shape index (κ1) is 13.8. The number of rotatable bonds is 4. The summed E-state index contributed by atoms with van der Waals surface area (Å²) in [6.07, 6.45) is 0. The molecule has 1 unspecified atom stereocenters. The summed E-state index contributed by atoms with van der Waals surface area (Å²) >= 11 is 0. The number of carbonyl (C=O) groups excluding carboxylic acids is 2. The highest BCUT2D eigenvalue weighted by atomic mass is 16.2. The summed E-state index contributed by atoms with van der Waals surface area (Å²) in [7, 11) is 3.31. The fourth-order valence-electron chi connectivity index (χ4n) is 1.41. The Hall–Kier alpha value is -2.24. The van der Waals surface area contributed by atoms with Gasteiger partial charge in [-0.1, -0.05) is 0 Å². The van der Waals surface area contributed by atoms with Gasteiger partial charge in [-0.05, 0) is 25.1 Å². The average Bonchev–Trinajstić information content (AvgIpc) is 2.28. The number of nitrogen functional groups attached to an aromatic ring is 1. The van der Waals surface area contributed by atoms with Crippen LogP contribution >= 0.6 is 0 Å². The van der Waals surface area contributed by atoms with Crippen LogP contribution in [0.2, 0.25) is 0 Å². The van der Waals surface area contributed by atoms with Crippen LogP contribution in [0.25, 0.3) is 0 Å². The Kier molecular flexibility index (Phi) is 4.14. The maximum Gasteiger partial charge on any atom is 0.255 e. The van der Waals surface area contributed by atoms with Crippen molar-refractivity contribution in [3.63, 3.8) is 0 Å². The number of benzene rings is 1. The lowest BCUT2D eigenvalue weighted by Crippen LogP contribution is -2.33. The first-order chi connectivity index (χ1) is 8.32. The highest BCUT2D eigenvalue weighted by molar-refractivity contribution is 6.00. The van der Waals surface area contributed by atoms with Crippen molar-refractivity contribution in [1.29, 1.82) is 0 Å². The Balaban J connectivity index is 3.12. The predicted molar refractivity (Wildman–Crippen MR) is 71.2 cm³/mol. The molecule has 18 heavy (non-hydrogen) atoms. The highest BCUT2D eigenvalue weighted by Crippen LogP contribution is 2.21. The molecular weight excluding hydrogens is 232 g/mol. The van der Waals surface area contributed by atoms with Gasteiger partial charge < -0.3 is 21.7 Å². The topological polar surface area (TPSA) is 101 Å². The van der Waals surface area contributed by atoms with Crippen molar-refractivity contribution in [2.24, 2.45) is 5.73 Å². The normalized spacial score (nSPS) is 11.7. The molecule has 0 spiro atoms. The van der Waals surface area contributed by atoms with E-state index in [-0.39, 0.29) is 5.91 Å². The van der Waals surface area contributed by atoms with Gasteiger partial charge in [0.2, 0.25) is 5.91 Å². The van der Waals surface area contributed by atoms with Crippen LogP contribution in [0.15, 0.2) is 18.2 Å². The molecule has 0 fully saturated rings. The summed E-state index contributed by atoms with van der Waals surface area (Å²) in [5.41, 5.74) is 12.3. The molecule has 0 saturated heterocycles. The lowest BCUT2D eigenvalue weighted by molar-refractivity contribution is -0.118. The highest BCUT2D eigenvalue weighted by Gasteiger charge is 2.16. The molecule has 6 nitrogen and oxygen atoms in total. The van der Waals surface area contributed by atoms with Gasteiger partial charge >= 0.3 is 0 Å². The predicted octanol–water partition coefficient (Wildman–Crippen LogP) is 0.256. The van der Waals surface area contributed by atoms with Crippen LogP contribution in [0.4, 0.5) is 11.4 Å². The van der Waals surface area contributed by atoms with Crippen molar-refractivity contribution < 1.29 is 9.59 Å². The van der Waals surface area contributed by atoms with E-state index in [1.807, 2.05) is 0 Å². The van der Waals surface area contributed by atoms with Crippen molar-refractivity contribution in [2.75, 3.05) is 25.1 Å². The molecule has 0 aliphatic rings. The van der Waals surface area contributed by atoms with Crippen LogP contribution < -0.4 is 16.8 Å². The molecule has 1 aromatic rings. The van der Waals surface area contributed by atoms with Gasteiger partial charge in [-0.25, -0.2) is 0 Å². The summed E-state index contributed by atoms with van der Waals surface area (Å²) in [4.78, 5) is 24.4. The Morgan fingerprint density at radius 3 is 2.44 bits per heavy atom. The van der Waals surface area contributed by atoms with Crippen LogP contribution in [-0.2, 0) is 4.79 Å². The van der Waals surface area contributed by atoms with E-state index in [4.69, 9.17) is 11.5 Å². The SMILES string of the molecule is CC(Nc1cc(N)ccc1C(=O)N(C)C)C(N)=O. The van der Waals surface area contributed by atoms with Crippen LogP contribution in [-0.4, -0.2) is 36.9 Å². The van der Waals surface area contributed by atoms with Gasteiger partial charge in [-0.15, -0.1) is 0 Å². The first-order valence-corrected chi connectivity index (χ1v) is 5.50. The second-order valence-corrected chi connectivity index (χ2v) is 4.27. The quantitative estimate of drug-likeness (QED) is 0.667. The molecule has 0 aliphatic carbocycles.